The van der Waals surface area contributed by atoms with Crippen LogP contribution in [0, 0.1) is 0 Å². The first-order valence-electron chi connectivity index (χ1n) is 2.35. The number of rotatable bonds is 3. The van der Waals surface area contributed by atoms with Gasteiger partial charge in [-0.15, -0.1) is 0 Å². The Morgan fingerprint density at radius 1 is 1.57 bits per heavy atom. The van der Waals surface area contributed by atoms with Crippen molar-refractivity contribution in [2.45, 2.75) is 26.2 Å². The van der Waals surface area contributed by atoms with E-state index in [1.54, 1.807) is 0 Å². The van der Waals surface area contributed by atoms with Gasteiger partial charge in [0, 0.05) is 6.42 Å². The number of unbranched alkanes of at least 4 members (excludes halogenated alkanes) is 2. The van der Waals surface area contributed by atoms with E-state index < -0.39 is 0 Å². The molecule has 38 valence electrons. The van der Waals surface area contributed by atoms with Crippen LogP contribution in [0.4, 0.5) is 0 Å². The van der Waals surface area contributed by atoms with Crippen molar-refractivity contribution >= 4 is 64.5 Å². The minimum absolute atomic E-state index is 0. The standard InChI is InChI=1S/C5H10O.Rb.H/c1-2-3-4-5-6;;/h5H,2-4H2,1H3;;. The first kappa shape index (κ1) is 11.3. The molecule has 2 heteroatoms. The van der Waals surface area contributed by atoms with Crippen LogP contribution in [0.2, 0.25) is 0 Å². The normalized spacial score (nSPS) is 7.00. The van der Waals surface area contributed by atoms with Gasteiger partial charge in [0.1, 0.15) is 6.29 Å². The van der Waals surface area contributed by atoms with Gasteiger partial charge in [-0.05, 0) is 6.42 Å². The molecule has 0 heterocycles. The van der Waals surface area contributed by atoms with Gasteiger partial charge in [0.15, 0.2) is 0 Å². The van der Waals surface area contributed by atoms with E-state index in [4.69, 9.17) is 0 Å². The van der Waals surface area contributed by atoms with E-state index in [0.717, 1.165) is 25.5 Å². The molecule has 7 heavy (non-hydrogen) atoms. The van der Waals surface area contributed by atoms with Crippen molar-refractivity contribution in [3.63, 3.8) is 0 Å². The van der Waals surface area contributed by atoms with Crippen LogP contribution >= 0.6 is 0 Å². The second-order valence-electron chi connectivity index (χ2n) is 1.31. The first-order valence-corrected chi connectivity index (χ1v) is 2.35. The maximum absolute atomic E-state index is 9.56. The average molecular weight is 173 g/mol. The number of carbonyl (C=O) groups excluding carboxylic acids is 1. The van der Waals surface area contributed by atoms with E-state index in [1.807, 2.05) is 0 Å². The SMILES string of the molecule is CCCCC=O.[RbH]. The Bertz CT molecular complexity index is 37.1. The second-order valence-corrected chi connectivity index (χ2v) is 1.31. The molecule has 0 aliphatic rings. The van der Waals surface area contributed by atoms with E-state index in [9.17, 15) is 4.79 Å². The monoisotopic (exact) mass is 172 g/mol. The van der Waals surface area contributed by atoms with Gasteiger partial charge >= 0.3 is 58.2 Å². The van der Waals surface area contributed by atoms with Crippen molar-refractivity contribution < 1.29 is 4.79 Å². The second kappa shape index (κ2) is 10.5. The molecule has 0 saturated heterocycles. The van der Waals surface area contributed by atoms with E-state index >= 15 is 0 Å². The third kappa shape index (κ3) is 11.2. The molecule has 1 nitrogen and oxygen atoms in total. The Kier molecular flexibility index (Phi) is 16.9. The molecule has 0 aromatic carbocycles. The molecule has 0 aromatic rings. The molecule has 0 amide bonds. The molecular formula is C5H11ORb. The van der Waals surface area contributed by atoms with Gasteiger partial charge in [-0.3, -0.25) is 0 Å². The van der Waals surface area contributed by atoms with Crippen LogP contribution in [-0.4, -0.2) is 64.5 Å². The van der Waals surface area contributed by atoms with Crippen LogP contribution < -0.4 is 0 Å². The van der Waals surface area contributed by atoms with Crippen LogP contribution in [0.1, 0.15) is 26.2 Å². The third-order valence-corrected chi connectivity index (χ3v) is 0.676. The van der Waals surface area contributed by atoms with Crippen molar-refractivity contribution in [1.29, 1.82) is 0 Å². The van der Waals surface area contributed by atoms with Crippen molar-refractivity contribution in [3.8, 4) is 0 Å². The number of hydrogen-bond donors (Lipinski definition) is 0. The van der Waals surface area contributed by atoms with Crippen LogP contribution in [0.5, 0.6) is 0 Å². The van der Waals surface area contributed by atoms with E-state index in [2.05, 4.69) is 6.92 Å². The summed E-state index contributed by atoms with van der Waals surface area (Å²) in [6.07, 6.45) is 3.86. The topological polar surface area (TPSA) is 17.1 Å². The molecule has 0 aromatic heterocycles. The zero-order valence-electron chi connectivity index (χ0n) is 4.11. The summed E-state index contributed by atoms with van der Waals surface area (Å²) in [4.78, 5) is 9.56. The van der Waals surface area contributed by atoms with Crippen LogP contribution in [0.25, 0.3) is 0 Å². The van der Waals surface area contributed by atoms with E-state index in [0.29, 0.717) is 0 Å². The van der Waals surface area contributed by atoms with Gasteiger partial charge in [0.2, 0.25) is 0 Å². The zero-order chi connectivity index (χ0) is 4.83. The van der Waals surface area contributed by atoms with Crippen molar-refractivity contribution in [2.24, 2.45) is 0 Å². The molecule has 0 fully saturated rings. The van der Waals surface area contributed by atoms with Gasteiger partial charge in [-0.25, -0.2) is 0 Å². The fourth-order valence-corrected chi connectivity index (χ4v) is 0.287. The summed E-state index contributed by atoms with van der Waals surface area (Å²) >= 11 is 0. The average Bonchev–Trinajstić information content (AvgIpc) is 1.61. The molecule has 0 radical (unpaired) electrons. The third-order valence-electron chi connectivity index (χ3n) is 0.676. The molecule has 0 rings (SSSR count). The van der Waals surface area contributed by atoms with Gasteiger partial charge < -0.3 is 4.79 Å². The summed E-state index contributed by atoms with van der Waals surface area (Å²) in [5.41, 5.74) is 0. The van der Waals surface area contributed by atoms with Gasteiger partial charge in [0.05, 0.1) is 0 Å². The van der Waals surface area contributed by atoms with Crippen LogP contribution in [0.3, 0.4) is 0 Å². The fourth-order valence-electron chi connectivity index (χ4n) is 0.287. The Morgan fingerprint density at radius 3 is 2.29 bits per heavy atom. The Labute approximate surface area is 93.7 Å². The Hall–Kier alpha value is 1.48. The molecule has 0 bridgehead atoms. The van der Waals surface area contributed by atoms with E-state index in [-0.39, 0.29) is 58.2 Å². The number of carbonyl (C=O) groups is 1. The molecule has 0 aliphatic carbocycles. The predicted octanol–water partition coefficient (Wildman–Crippen LogP) is 0.727. The summed E-state index contributed by atoms with van der Waals surface area (Å²) in [5.74, 6) is 0. The Morgan fingerprint density at radius 2 is 2.14 bits per heavy atom. The van der Waals surface area contributed by atoms with Gasteiger partial charge in [0.25, 0.3) is 0 Å². The summed E-state index contributed by atoms with van der Waals surface area (Å²) in [6.45, 7) is 2.07. The van der Waals surface area contributed by atoms with Crippen molar-refractivity contribution in [1.82, 2.24) is 0 Å². The van der Waals surface area contributed by atoms with Crippen molar-refractivity contribution in [3.05, 3.63) is 0 Å². The maximum atomic E-state index is 9.56. The number of aldehydes is 1. The predicted molar refractivity (Wildman–Crippen MR) is 32.7 cm³/mol. The quantitative estimate of drug-likeness (QED) is 0.453. The zero-order valence-corrected chi connectivity index (χ0v) is 4.11. The van der Waals surface area contributed by atoms with Gasteiger partial charge in [-0.1, -0.05) is 13.3 Å². The van der Waals surface area contributed by atoms with Crippen LogP contribution in [-0.2, 0) is 4.79 Å². The molecular weight excluding hydrogens is 162 g/mol. The fraction of sp³-hybridized carbons (Fsp3) is 0.800. The summed E-state index contributed by atoms with van der Waals surface area (Å²) < 4.78 is 0. The summed E-state index contributed by atoms with van der Waals surface area (Å²) in [6, 6.07) is 0. The minimum atomic E-state index is 0. The van der Waals surface area contributed by atoms with E-state index in [1.165, 1.54) is 0 Å². The van der Waals surface area contributed by atoms with Crippen LogP contribution in [0.15, 0.2) is 0 Å². The molecule has 0 unspecified atom stereocenters. The number of hydrogen-bond acceptors (Lipinski definition) is 1. The summed E-state index contributed by atoms with van der Waals surface area (Å²) in [5, 5.41) is 0. The first-order chi connectivity index (χ1) is 2.91. The molecule has 0 aliphatic heterocycles. The summed E-state index contributed by atoms with van der Waals surface area (Å²) in [7, 11) is 0. The Balaban J connectivity index is 0. The molecule has 0 N–H and O–H groups in total. The molecule has 0 atom stereocenters. The van der Waals surface area contributed by atoms with Gasteiger partial charge in [-0.2, -0.15) is 0 Å². The molecule has 0 saturated carbocycles. The van der Waals surface area contributed by atoms with Crippen molar-refractivity contribution in [2.75, 3.05) is 0 Å². The molecule has 0 spiro atoms.